The smallest absolute Gasteiger partial charge is 0.226 e. The van der Waals surface area contributed by atoms with Gasteiger partial charge in [-0.25, -0.2) is 12.8 Å². The highest BCUT2D eigenvalue weighted by molar-refractivity contribution is 7.90. The topological polar surface area (TPSA) is 72.5 Å². The van der Waals surface area contributed by atoms with Gasteiger partial charge < -0.3 is 10.1 Å². The quantitative estimate of drug-likeness (QED) is 0.637. The number of amides is 1. The Morgan fingerprint density at radius 1 is 1.42 bits per heavy atom. The van der Waals surface area contributed by atoms with E-state index in [1.807, 2.05) is 0 Å². The van der Waals surface area contributed by atoms with Crippen molar-refractivity contribution in [3.63, 3.8) is 0 Å². The predicted octanol–water partition coefficient (Wildman–Crippen LogP) is 1.59. The van der Waals surface area contributed by atoms with Gasteiger partial charge in [0.05, 0.1) is 23.6 Å². The lowest BCUT2D eigenvalue weighted by Crippen LogP contribution is -2.15. The third-order valence-electron chi connectivity index (χ3n) is 2.32. The van der Waals surface area contributed by atoms with Crippen LogP contribution in [0.3, 0.4) is 0 Å². The fraction of sp³-hybridized carbons (Fsp3) is 0.417. The lowest BCUT2D eigenvalue weighted by Gasteiger charge is -2.08. The van der Waals surface area contributed by atoms with E-state index in [0.717, 1.165) is 24.5 Å². The molecule has 0 fully saturated rings. The molecule has 0 spiro atoms. The first kappa shape index (κ1) is 15.6. The molecule has 1 aromatic rings. The van der Waals surface area contributed by atoms with Crippen LogP contribution in [-0.2, 0) is 19.4 Å². The van der Waals surface area contributed by atoms with Crippen molar-refractivity contribution in [2.75, 3.05) is 24.8 Å². The second-order valence-corrected chi connectivity index (χ2v) is 5.92. The first-order valence-electron chi connectivity index (χ1n) is 5.71. The van der Waals surface area contributed by atoms with Gasteiger partial charge >= 0.3 is 0 Å². The van der Waals surface area contributed by atoms with Crippen molar-refractivity contribution in [3.8, 4) is 0 Å². The highest BCUT2D eigenvalue weighted by Gasteiger charge is 2.12. The molecule has 0 aliphatic rings. The third kappa shape index (κ3) is 4.96. The minimum absolute atomic E-state index is 0.0472. The minimum Gasteiger partial charge on any atom is -0.381 e. The van der Waals surface area contributed by atoms with Gasteiger partial charge in [-0.05, 0) is 25.1 Å². The van der Waals surface area contributed by atoms with Crippen molar-refractivity contribution >= 4 is 21.4 Å². The predicted molar refractivity (Wildman–Crippen MR) is 69.2 cm³/mol. The van der Waals surface area contributed by atoms with Gasteiger partial charge in [-0.2, -0.15) is 0 Å². The van der Waals surface area contributed by atoms with Gasteiger partial charge in [-0.1, -0.05) is 0 Å². The fourth-order valence-corrected chi connectivity index (χ4v) is 2.00. The molecule has 5 nitrogen and oxygen atoms in total. The van der Waals surface area contributed by atoms with Crippen molar-refractivity contribution in [2.24, 2.45) is 0 Å². The molecule has 0 bridgehead atoms. The van der Waals surface area contributed by atoms with Gasteiger partial charge in [0.25, 0.3) is 0 Å². The van der Waals surface area contributed by atoms with Crippen LogP contribution in [0.15, 0.2) is 23.1 Å². The number of benzene rings is 1. The van der Waals surface area contributed by atoms with Crippen LogP contribution in [0.5, 0.6) is 0 Å². The van der Waals surface area contributed by atoms with Crippen LogP contribution in [-0.4, -0.2) is 33.8 Å². The molecule has 0 saturated carbocycles. The number of ether oxygens (including phenoxy) is 1. The summed E-state index contributed by atoms with van der Waals surface area (Å²) >= 11 is 0. The van der Waals surface area contributed by atoms with Crippen LogP contribution >= 0.6 is 0 Å². The molecule has 0 aliphatic carbocycles. The van der Waals surface area contributed by atoms with E-state index in [9.17, 15) is 17.6 Å². The molecule has 1 amide bonds. The molecule has 19 heavy (non-hydrogen) atoms. The zero-order valence-corrected chi connectivity index (χ0v) is 11.6. The summed E-state index contributed by atoms with van der Waals surface area (Å²) in [5.74, 6) is -1.12. The van der Waals surface area contributed by atoms with E-state index >= 15 is 0 Å². The lowest BCUT2D eigenvalue weighted by atomic mass is 10.3. The fourth-order valence-electron chi connectivity index (χ4n) is 1.35. The molecular formula is C12H16FNO4S. The largest absolute Gasteiger partial charge is 0.381 e. The Kier molecular flexibility index (Phi) is 5.44. The third-order valence-corrected chi connectivity index (χ3v) is 3.43. The molecule has 0 aromatic heterocycles. The first-order valence-corrected chi connectivity index (χ1v) is 7.61. The van der Waals surface area contributed by atoms with E-state index < -0.39 is 21.6 Å². The number of hydrogen-bond acceptors (Lipinski definition) is 4. The monoisotopic (exact) mass is 289 g/mol. The van der Waals surface area contributed by atoms with E-state index in [2.05, 4.69) is 5.32 Å². The molecule has 1 N–H and O–H groups in total. The molecule has 106 valence electrons. The molecule has 0 heterocycles. The number of anilines is 1. The molecule has 0 unspecified atom stereocenters. The van der Waals surface area contributed by atoms with Crippen molar-refractivity contribution in [3.05, 3.63) is 24.0 Å². The van der Waals surface area contributed by atoms with Gasteiger partial charge in [0.2, 0.25) is 5.91 Å². The summed E-state index contributed by atoms with van der Waals surface area (Å²) in [6.45, 7) is 2.52. The van der Waals surface area contributed by atoms with E-state index in [1.54, 1.807) is 6.92 Å². The van der Waals surface area contributed by atoms with Crippen LogP contribution in [0.1, 0.15) is 13.3 Å². The van der Waals surface area contributed by atoms with Crippen LogP contribution in [0.2, 0.25) is 0 Å². The van der Waals surface area contributed by atoms with E-state index in [0.29, 0.717) is 6.61 Å². The van der Waals surface area contributed by atoms with Gasteiger partial charge in [-0.3, -0.25) is 4.79 Å². The standard InChI is InChI=1S/C12H16FNO4S/c1-3-18-7-6-12(15)14-11-8-9(19(2,16)17)4-5-10(11)13/h4-5,8H,3,6-7H2,1-2H3,(H,14,15). The Morgan fingerprint density at radius 2 is 2.11 bits per heavy atom. The summed E-state index contributed by atoms with van der Waals surface area (Å²) in [4.78, 5) is 11.4. The number of carbonyl (C=O) groups is 1. The zero-order chi connectivity index (χ0) is 14.5. The Bertz CT molecular complexity index is 557. The molecule has 0 aliphatic heterocycles. The number of nitrogens with one attached hydrogen (secondary N) is 1. The average Bonchev–Trinajstić information content (AvgIpc) is 2.31. The Morgan fingerprint density at radius 3 is 2.68 bits per heavy atom. The molecule has 0 saturated heterocycles. The molecule has 0 atom stereocenters. The zero-order valence-electron chi connectivity index (χ0n) is 10.8. The van der Waals surface area contributed by atoms with Gasteiger partial charge in [-0.15, -0.1) is 0 Å². The number of carbonyl (C=O) groups excluding carboxylic acids is 1. The van der Waals surface area contributed by atoms with Crippen LogP contribution in [0, 0.1) is 5.82 Å². The molecule has 1 rings (SSSR count). The number of halogens is 1. The SMILES string of the molecule is CCOCCC(=O)Nc1cc(S(C)(=O)=O)ccc1F. The maximum Gasteiger partial charge on any atom is 0.226 e. The Balaban J connectivity index is 2.80. The summed E-state index contributed by atoms with van der Waals surface area (Å²) in [5, 5.41) is 2.32. The highest BCUT2D eigenvalue weighted by Crippen LogP contribution is 2.19. The van der Waals surface area contributed by atoms with Gasteiger partial charge in [0.15, 0.2) is 9.84 Å². The highest BCUT2D eigenvalue weighted by atomic mass is 32.2. The molecule has 1 aromatic carbocycles. The van der Waals surface area contributed by atoms with Crippen molar-refractivity contribution in [2.45, 2.75) is 18.2 Å². The van der Waals surface area contributed by atoms with Gasteiger partial charge in [0, 0.05) is 12.9 Å². The maximum absolute atomic E-state index is 13.5. The summed E-state index contributed by atoms with van der Waals surface area (Å²) in [6, 6.07) is 3.26. The van der Waals surface area contributed by atoms with E-state index in [1.165, 1.54) is 0 Å². The average molecular weight is 289 g/mol. The Hall–Kier alpha value is -1.47. The second kappa shape index (κ2) is 6.63. The van der Waals surface area contributed by atoms with Crippen molar-refractivity contribution in [1.29, 1.82) is 0 Å². The number of hydrogen-bond donors (Lipinski definition) is 1. The maximum atomic E-state index is 13.5. The molecular weight excluding hydrogens is 273 g/mol. The van der Waals surface area contributed by atoms with Crippen molar-refractivity contribution < 1.29 is 22.3 Å². The minimum atomic E-state index is -3.44. The molecule has 0 radical (unpaired) electrons. The normalized spacial score (nSPS) is 11.3. The second-order valence-electron chi connectivity index (χ2n) is 3.91. The van der Waals surface area contributed by atoms with E-state index in [4.69, 9.17) is 4.74 Å². The summed E-state index contributed by atoms with van der Waals surface area (Å²) in [7, 11) is -3.44. The van der Waals surface area contributed by atoms with Crippen LogP contribution in [0.25, 0.3) is 0 Å². The van der Waals surface area contributed by atoms with Gasteiger partial charge in [0.1, 0.15) is 5.82 Å². The van der Waals surface area contributed by atoms with Crippen molar-refractivity contribution in [1.82, 2.24) is 0 Å². The Labute approximate surface area is 111 Å². The first-order chi connectivity index (χ1) is 8.84. The van der Waals surface area contributed by atoms with Crippen LogP contribution in [0.4, 0.5) is 10.1 Å². The number of rotatable bonds is 6. The lowest BCUT2D eigenvalue weighted by molar-refractivity contribution is -0.117. The van der Waals surface area contributed by atoms with E-state index in [-0.39, 0.29) is 23.6 Å². The number of sulfone groups is 1. The summed E-state index contributed by atoms with van der Waals surface area (Å²) in [6.07, 6.45) is 1.09. The summed E-state index contributed by atoms with van der Waals surface area (Å²) in [5.41, 5.74) is -0.149. The molecule has 7 heteroatoms. The summed E-state index contributed by atoms with van der Waals surface area (Å²) < 4.78 is 41.1. The van der Waals surface area contributed by atoms with Crippen LogP contribution < -0.4 is 5.32 Å².